The van der Waals surface area contributed by atoms with Gasteiger partial charge in [0.25, 0.3) is 10.1 Å². The molecule has 0 aliphatic carbocycles. The molecule has 0 fully saturated rings. The molecule has 0 aromatic heterocycles. The molecule has 0 amide bonds. The van der Waals surface area contributed by atoms with Crippen molar-refractivity contribution in [1.29, 1.82) is 0 Å². The topological polar surface area (TPSA) is 63.6 Å². The Morgan fingerprint density at radius 2 is 1.50 bits per heavy atom. The zero-order chi connectivity index (χ0) is 14.6. The van der Waals surface area contributed by atoms with Crippen molar-refractivity contribution < 1.29 is 48.7 Å². The van der Waals surface area contributed by atoms with E-state index in [2.05, 4.69) is 6.92 Å². The maximum absolute atomic E-state index is 10.7. The molecule has 0 aliphatic rings. The van der Waals surface area contributed by atoms with Crippen molar-refractivity contribution >= 4 is 10.1 Å². The van der Waals surface area contributed by atoms with Crippen LogP contribution in [0.4, 0.5) is 0 Å². The van der Waals surface area contributed by atoms with Crippen LogP contribution in [0.15, 0.2) is 0 Å². The first-order chi connectivity index (χ1) is 8.99. The molecule has 118 valence electrons. The Labute approximate surface area is 148 Å². The second-order valence-corrected chi connectivity index (χ2v) is 6.77. The summed E-state index contributed by atoms with van der Waals surface area (Å²) in [5.41, 5.74) is 0. The van der Waals surface area contributed by atoms with E-state index in [4.69, 9.17) is 9.29 Å². The van der Waals surface area contributed by atoms with Crippen molar-refractivity contribution in [3.05, 3.63) is 0 Å². The molecule has 1 N–H and O–H groups in total. The molecule has 0 rings (SSSR count). The molecule has 0 bridgehead atoms. The number of ether oxygens (including phenoxy) is 1. The summed E-state index contributed by atoms with van der Waals surface area (Å²) in [6.45, 7) is 2.22. The summed E-state index contributed by atoms with van der Waals surface area (Å²) < 4.78 is 35.2. The monoisotopic (exact) mass is 318 g/mol. The molecule has 0 aromatic carbocycles. The standard InChI is InChI=1S/C14H30O4S.Na.H/c1-3-4-5-6-7-8-9-10-11-14(18-2)12-13-19(15,16)17;;/h14H,3-13H2,1-2H3,(H,15,16,17);;/q;+1;-1. The van der Waals surface area contributed by atoms with Crippen LogP contribution in [0.1, 0.15) is 72.6 Å². The first-order valence-electron chi connectivity index (χ1n) is 7.47. The maximum atomic E-state index is 10.7. The van der Waals surface area contributed by atoms with Crippen LogP contribution in [0.5, 0.6) is 0 Å². The summed E-state index contributed by atoms with van der Waals surface area (Å²) >= 11 is 0. The van der Waals surface area contributed by atoms with Crippen molar-refractivity contribution in [3.8, 4) is 0 Å². The van der Waals surface area contributed by atoms with Gasteiger partial charge in [0.15, 0.2) is 0 Å². The van der Waals surface area contributed by atoms with Gasteiger partial charge < -0.3 is 6.16 Å². The second kappa shape index (κ2) is 14.8. The zero-order valence-electron chi connectivity index (χ0n) is 14.4. The normalized spacial score (nSPS) is 12.9. The van der Waals surface area contributed by atoms with Crippen LogP contribution in [-0.4, -0.2) is 31.9 Å². The number of hydrogen-bond acceptors (Lipinski definition) is 3. The minimum Gasteiger partial charge on any atom is -1.00 e. The molecule has 20 heavy (non-hydrogen) atoms. The smallest absolute Gasteiger partial charge is 1.00 e. The van der Waals surface area contributed by atoms with E-state index < -0.39 is 10.1 Å². The Bertz CT molecular complexity index is 299. The molecular formula is C14H31NaO4S. The third-order valence-corrected chi connectivity index (χ3v) is 4.16. The third kappa shape index (κ3) is 16.9. The minimum absolute atomic E-state index is 0. The van der Waals surface area contributed by atoms with Crippen molar-refractivity contribution in [2.45, 2.75) is 77.2 Å². The molecule has 0 saturated heterocycles. The summed E-state index contributed by atoms with van der Waals surface area (Å²) in [4.78, 5) is 0. The van der Waals surface area contributed by atoms with Gasteiger partial charge >= 0.3 is 29.6 Å². The van der Waals surface area contributed by atoms with Gasteiger partial charge in [0.1, 0.15) is 0 Å². The van der Waals surface area contributed by atoms with Crippen LogP contribution in [0.2, 0.25) is 0 Å². The van der Waals surface area contributed by atoms with E-state index in [0.717, 1.165) is 12.8 Å². The van der Waals surface area contributed by atoms with Crippen LogP contribution in [-0.2, 0) is 14.9 Å². The number of methoxy groups -OCH3 is 1. The Morgan fingerprint density at radius 3 is 1.95 bits per heavy atom. The van der Waals surface area contributed by atoms with Crippen LogP contribution >= 0.6 is 0 Å². The third-order valence-electron chi connectivity index (χ3n) is 3.41. The molecule has 6 heteroatoms. The van der Waals surface area contributed by atoms with E-state index in [1.807, 2.05) is 0 Å². The molecule has 0 radical (unpaired) electrons. The van der Waals surface area contributed by atoms with E-state index in [0.29, 0.717) is 6.42 Å². The summed E-state index contributed by atoms with van der Waals surface area (Å²) in [5, 5.41) is 0. The largest absolute Gasteiger partial charge is 1.00 e. The summed E-state index contributed by atoms with van der Waals surface area (Å²) in [6, 6.07) is 0. The quantitative estimate of drug-likeness (QED) is 0.312. The average molecular weight is 318 g/mol. The zero-order valence-corrected chi connectivity index (χ0v) is 16.3. The Kier molecular flexibility index (Phi) is 17.1. The van der Waals surface area contributed by atoms with Crippen molar-refractivity contribution in [2.75, 3.05) is 12.9 Å². The van der Waals surface area contributed by atoms with Gasteiger partial charge in [0.05, 0.1) is 11.9 Å². The molecule has 1 unspecified atom stereocenters. The number of unbranched alkanes of at least 4 members (excludes halogenated alkanes) is 7. The molecule has 0 aliphatic heterocycles. The molecule has 4 nitrogen and oxygen atoms in total. The molecule has 0 aromatic rings. The summed E-state index contributed by atoms with van der Waals surface area (Å²) in [5.74, 6) is -0.206. The van der Waals surface area contributed by atoms with Gasteiger partial charge in [-0.25, -0.2) is 0 Å². The van der Waals surface area contributed by atoms with Gasteiger partial charge in [-0.3, -0.25) is 4.55 Å². The van der Waals surface area contributed by atoms with Gasteiger partial charge in [-0.15, -0.1) is 0 Å². The molecule has 0 heterocycles. The van der Waals surface area contributed by atoms with Crippen LogP contribution in [0, 0.1) is 0 Å². The first-order valence-corrected chi connectivity index (χ1v) is 9.08. The predicted octanol–water partition coefficient (Wildman–Crippen LogP) is 0.927. The number of hydrogen-bond donors (Lipinski definition) is 1. The Hall–Kier alpha value is 0.870. The van der Waals surface area contributed by atoms with Crippen LogP contribution in [0.3, 0.4) is 0 Å². The minimum atomic E-state index is -3.86. The fourth-order valence-electron chi connectivity index (χ4n) is 2.17. The van der Waals surface area contributed by atoms with Gasteiger partial charge in [-0.05, 0) is 12.8 Å². The number of rotatable bonds is 13. The SMILES string of the molecule is CCCCCCCCCCC(CCS(=O)(=O)O)OC.[H-].[Na+]. The van der Waals surface area contributed by atoms with Crippen LogP contribution in [0.25, 0.3) is 0 Å². The van der Waals surface area contributed by atoms with E-state index in [9.17, 15) is 8.42 Å². The van der Waals surface area contributed by atoms with E-state index in [1.165, 1.54) is 44.9 Å². The fraction of sp³-hybridized carbons (Fsp3) is 1.00. The van der Waals surface area contributed by atoms with E-state index in [-0.39, 0.29) is 42.8 Å². The summed E-state index contributed by atoms with van der Waals surface area (Å²) in [6.07, 6.45) is 11.3. The van der Waals surface area contributed by atoms with Crippen LogP contribution < -0.4 is 29.6 Å². The second-order valence-electron chi connectivity index (χ2n) is 5.20. The maximum Gasteiger partial charge on any atom is 1.00 e. The summed E-state index contributed by atoms with van der Waals surface area (Å²) in [7, 11) is -2.26. The van der Waals surface area contributed by atoms with Crippen molar-refractivity contribution in [3.63, 3.8) is 0 Å². The van der Waals surface area contributed by atoms with Crippen molar-refractivity contribution in [2.24, 2.45) is 0 Å². The molecule has 1 atom stereocenters. The fourth-order valence-corrected chi connectivity index (χ4v) is 2.73. The predicted molar refractivity (Wildman–Crippen MR) is 80.2 cm³/mol. The molecular weight excluding hydrogens is 287 g/mol. The van der Waals surface area contributed by atoms with Gasteiger partial charge in [0, 0.05) is 7.11 Å². The van der Waals surface area contributed by atoms with Crippen molar-refractivity contribution in [1.82, 2.24) is 0 Å². The molecule has 0 saturated carbocycles. The molecule has 0 spiro atoms. The van der Waals surface area contributed by atoms with Gasteiger partial charge in [-0.2, -0.15) is 8.42 Å². The van der Waals surface area contributed by atoms with Gasteiger partial charge in [-0.1, -0.05) is 58.3 Å². The Balaban J connectivity index is -0.00000162. The first kappa shape index (κ1) is 23.1. The Morgan fingerprint density at radius 1 is 1.00 bits per heavy atom. The van der Waals surface area contributed by atoms with E-state index in [1.54, 1.807) is 7.11 Å². The van der Waals surface area contributed by atoms with Gasteiger partial charge in [0.2, 0.25) is 0 Å². The van der Waals surface area contributed by atoms with E-state index >= 15 is 0 Å². The average Bonchev–Trinajstić information content (AvgIpc) is 2.35.